The summed E-state index contributed by atoms with van der Waals surface area (Å²) in [7, 11) is 0. The van der Waals surface area contributed by atoms with Crippen LogP contribution in [0.15, 0.2) is 81.5 Å². The van der Waals surface area contributed by atoms with E-state index in [1.165, 1.54) is 51.9 Å². The highest BCUT2D eigenvalue weighted by Crippen LogP contribution is 2.17. The van der Waals surface area contributed by atoms with Crippen molar-refractivity contribution >= 4 is 11.6 Å². The maximum atomic E-state index is 6.62. The Bertz CT molecular complexity index is 815. The first-order valence-electron chi connectivity index (χ1n) is 14.2. The van der Waals surface area contributed by atoms with Gasteiger partial charge in [-0.05, 0) is 133 Å². The van der Waals surface area contributed by atoms with Crippen LogP contribution in [-0.2, 0) is 0 Å². The van der Waals surface area contributed by atoms with Crippen molar-refractivity contribution < 1.29 is 0 Å². The molecule has 0 aromatic rings. The molecular weight excluding hydrogens is 456 g/mol. The minimum atomic E-state index is 0.0887. The number of rotatable bonds is 18. The van der Waals surface area contributed by atoms with Gasteiger partial charge in [0.25, 0.3) is 0 Å². The van der Waals surface area contributed by atoms with Crippen LogP contribution in [-0.4, -0.2) is 5.38 Å². The molecule has 0 aromatic heterocycles. The van der Waals surface area contributed by atoms with Crippen LogP contribution in [0, 0.1) is 0 Å². The van der Waals surface area contributed by atoms with Crippen LogP contribution >= 0.6 is 11.6 Å². The maximum absolute atomic E-state index is 6.62. The lowest BCUT2D eigenvalue weighted by Gasteiger charge is -2.06. The van der Waals surface area contributed by atoms with Gasteiger partial charge in [0.15, 0.2) is 0 Å². The van der Waals surface area contributed by atoms with Crippen LogP contribution in [0.3, 0.4) is 0 Å². The molecule has 0 fully saturated rings. The van der Waals surface area contributed by atoms with E-state index in [-0.39, 0.29) is 5.38 Å². The van der Waals surface area contributed by atoms with Crippen molar-refractivity contribution in [3.63, 3.8) is 0 Å². The first-order valence-corrected chi connectivity index (χ1v) is 14.6. The zero-order valence-electron chi connectivity index (χ0n) is 25.3. The number of alkyl halides is 1. The Balaban J connectivity index is 4.28. The average molecular weight is 513 g/mol. The number of allylic oxidation sites excluding steroid dienone is 14. The fourth-order valence-corrected chi connectivity index (χ4v) is 4.30. The molecule has 0 saturated heterocycles. The van der Waals surface area contributed by atoms with E-state index < -0.39 is 0 Å². The molecule has 0 N–H and O–H groups in total. The monoisotopic (exact) mass is 512 g/mol. The highest BCUT2D eigenvalue weighted by atomic mass is 35.5. The second kappa shape index (κ2) is 21.5. The van der Waals surface area contributed by atoms with Crippen molar-refractivity contribution in [2.45, 2.75) is 138 Å². The molecule has 0 aliphatic carbocycles. The number of halogens is 1. The van der Waals surface area contributed by atoms with Crippen molar-refractivity contribution in [3.05, 3.63) is 81.5 Å². The number of hydrogen-bond acceptors (Lipinski definition) is 0. The molecule has 36 heavy (non-hydrogen) atoms. The Morgan fingerprint density at radius 1 is 0.444 bits per heavy atom. The quantitative estimate of drug-likeness (QED) is 0.126. The summed E-state index contributed by atoms with van der Waals surface area (Å²) in [4.78, 5) is 0. The zero-order chi connectivity index (χ0) is 27.3. The fraction of sp³-hybridized carbons (Fsp3) is 0.600. The van der Waals surface area contributed by atoms with Crippen LogP contribution in [0.5, 0.6) is 0 Å². The molecular formula is C35H57Cl. The minimum absolute atomic E-state index is 0.0887. The SMILES string of the molecule is CC(C)=CCCC(C)=CCCC(C)=CCC(Cl)/C=C(\C)CC/C=C(\C)CC/C=C(\C)CCC=C(C)C. The summed E-state index contributed by atoms with van der Waals surface area (Å²) in [5.41, 5.74) is 10.2. The summed E-state index contributed by atoms with van der Waals surface area (Å²) < 4.78 is 0. The molecule has 1 atom stereocenters. The van der Waals surface area contributed by atoms with E-state index in [1.54, 1.807) is 0 Å². The lowest BCUT2D eigenvalue weighted by atomic mass is 10.0. The van der Waals surface area contributed by atoms with Gasteiger partial charge in [-0.1, -0.05) is 81.5 Å². The Labute approximate surface area is 231 Å². The summed E-state index contributed by atoms with van der Waals surface area (Å²) in [5.74, 6) is 0. The number of hydrogen-bond donors (Lipinski definition) is 0. The largest absolute Gasteiger partial charge is 0.118 e. The molecule has 0 bridgehead atoms. The second-order valence-corrected chi connectivity index (χ2v) is 11.8. The van der Waals surface area contributed by atoms with Gasteiger partial charge in [-0.2, -0.15) is 0 Å². The van der Waals surface area contributed by atoms with Gasteiger partial charge in [0.1, 0.15) is 0 Å². The predicted octanol–water partition coefficient (Wildman–Crippen LogP) is 12.5. The molecule has 1 unspecified atom stereocenters. The summed E-state index contributed by atoms with van der Waals surface area (Å²) in [6, 6.07) is 0. The van der Waals surface area contributed by atoms with E-state index in [4.69, 9.17) is 11.6 Å². The van der Waals surface area contributed by atoms with Gasteiger partial charge < -0.3 is 0 Å². The average Bonchev–Trinajstić information content (AvgIpc) is 2.77. The summed E-state index contributed by atoms with van der Waals surface area (Å²) in [5, 5.41) is 0.0887. The first kappa shape index (κ1) is 34.5. The molecule has 1 heteroatoms. The first-order chi connectivity index (χ1) is 17.0. The van der Waals surface area contributed by atoms with Crippen molar-refractivity contribution in [1.82, 2.24) is 0 Å². The van der Waals surface area contributed by atoms with E-state index in [0.29, 0.717) is 0 Å². The van der Waals surface area contributed by atoms with Crippen molar-refractivity contribution in [2.75, 3.05) is 0 Å². The highest BCUT2D eigenvalue weighted by Gasteiger charge is 2.01. The van der Waals surface area contributed by atoms with E-state index in [0.717, 1.165) is 57.8 Å². The van der Waals surface area contributed by atoms with E-state index in [9.17, 15) is 0 Å². The molecule has 0 heterocycles. The van der Waals surface area contributed by atoms with Crippen LogP contribution in [0.1, 0.15) is 133 Å². The van der Waals surface area contributed by atoms with Gasteiger partial charge in [-0.3, -0.25) is 0 Å². The van der Waals surface area contributed by atoms with Crippen LogP contribution in [0.4, 0.5) is 0 Å². The molecule has 0 amide bonds. The maximum Gasteiger partial charge on any atom is 0.0553 e. The Kier molecular flexibility index (Phi) is 20.6. The molecule has 0 spiro atoms. The Hall–Kier alpha value is -1.53. The Morgan fingerprint density at radius 2 is 0.750 bits per heavy atom. The molecule has 0 aliphatic heterocycles. The third-order valence-electron chi connectivity index (χ3n) is 6.43. The van der Waals surface area contributed by atoms with Crippen LogP contribution in [0.25, 0.3) is 0 Å². The normalized spacial score (nSPS) is 14.7. The van der Waals surface area contributed by atoms with Crippen molar-refractivity contribution in [1.29, 1.82) is 0 Å². The summed E-state index contributed by atoms with van der Waals surface area (Å²) >= 11 is 6.62. The lowest BCUT2D eigenvalue weighted by Crippen LogP contribution is -1.94. The van der Waals surface area contributed by atoms with E-state index in [1.807, 2.05) is 0 Å². The molecule has 204 valence electrons. The molecule has 0 aliphatic rings. The summed E-state index contributed by atoms with van der Waals surface area (Å²) in [6.45, 7) is 19.9. The predicted molar refractivity (Wildman–Crippen MR) is 168 cm³/mol. The van der Waals surface area contributed by atoms with Gasteiger partial charge in [-0.15, -0.1) is 11.6 Å². The minimum Gasteiger partial charge on any atom is -0.118 e. The molecule has 0 nitrogen and oxygen atoms in total. The van der Waals surface area contributed by atoms with Crippen molar-refractivity contribution in [2.24, 2.45) is 0 Å². The standard InChI is InChI=1S/C35H57Cl/c1-28(2)15-10-17-30(5)19-12-20-32(7)22-14-24-34(9)27-35(36)26-25-33(8)23-13-21-31(6)18-11-16-29(3)4/h15-16,19,21-22,25,27,35H,10-14,17-18,20,23-24,26H2,1-9H3/b30-19+,31-21?,32-22+,33-25?,34-27+. The van der Waals surface area contributed by atoms with Gasteiger partial charge >= 0.3 is 0 Å². The van der Waals surface area contributed by atoms with Gasteiger partial charge in [0.05, 0.1) is 5.38 Å². The molecule has 0 rings (SSSR count). The molecule has 0 aromatic carbocycles. The lowest BCUT2D eigenvalue weighted by molar-refractivity contribution is 0.892. The van der Waals surface area contributed by atoms with Gasteiger partial charge in [-0.25, -0.2) is 0 Å². The fourth-order valence-electron chi connectivity index (χ4n) is 4.00. The smallest absolute Gasteiger partial charge is 0.0553 e. The zero-order valence-corrected chi connectivity index (χ0v) is 26.0. The topological polar surface area (TPSA) is 0 Å². The third kappa shape index (κ3) is 22.9. The van der Waals surface area contributed by atoms with Crippen LogP contribution in [0.2, 0.25) is 0 Å². The molecule has 0 radical (unpaired) electrons. The van der Waals surface area contributed by atoms with Crippen LogP contribution < -0.4 is 0 Å². The Morgan fingerprint density at radius 3 is 1.11 bits per heavy atom. The third-order valence-corrected chi connectivity index (χ3v) is 6.74. The second-order valence-electron chi connectivity index (χ2n) is 11.2. The summed E-state index contributed by atoms with van der Waals surface area (Å²) in [6.07, 6.45) is 28.8. The van der Waals surface area contributed by atoms with Crippen molar-refractivity contribution in [3.8, 4) is 0 Å². The molecule has 0 saturated carbocycles. The van der Waals surface area contributed by atoms with Gasteiger partial charge in [0.2, 0.25) is 0 Å². The van der Waals surface area contributed by atoms with E-state index >= 15 is 0 Å². The van der Waals surface area contributed by atoms with Gasteiger partial charge in [0, 0.05) is 0 Å². The van der Waals surface area contributed by atoms with E-state index in [2.05, 4.69) is 105 Å². The highest BCUT2D eigenvalue weighted by molar-refractivity contribution is 6.21.